The van der Waals surface area contributed by atoms with Crippen molar-refractivity contribution in [2.45, 2.75) is 26.7 Å². The maximum atomic E-state index is 12.6. The van der Waals surface area contributed by atoms with Gasteiger partial charge in [0.1, 0.15) is 0 Å². The minimum absolute atomic E-state index is 0.154. The van der Waals surface area contributed by atoms with Crippen LogP contribution >= 0.6 is 0 Å². The topological polar surface area (TPSA) is 35.5 Å². The molecule has 0 radical (unpaired) electrons. The lowest BCUT2D eigenvalue weighted by Crippen LogP contribution is -2.29. The number of hydrogen-bond acceptors (Lipinski definition) is 3. The average molecular weight is 324 g/mol. The Morgan fingerprint density at radius 2 is 1.71 bits per heavy atom. The third-order valence-electron chi connectivity index (χ3n) is 3.47. The molecule has 0 aliphatic heterocycles. The number of ether oxygens (including phenoxy) is 2. The third kappa shape index (κ3) is 5.44. The van der Waals surface area contributed by atoms with E-state index in [0.29, 0.717) is 24.7 Å². The molecule has 2 aromatic carbocycles. The fourth-order valence-corrected chi connectivity index (χ4v) is 2.14. The van der Waals surface area contributed by atoms with Gasteiger partial charge in [-0.3, -0.25) is 4.79 Å². The lowest BCUT2D eigenvalue weighted by atomic mass is 10.1. The zero-order valence-corrected chi connectivity index (χ0v) is 14.3. The van der Waals surface area contributed by atoms with Gasteiger partial charge in [-0.15, -0.1) is 0 Å². The van der Waals surface area contributed by atoms with Crippen LogP contribution < -0.4 is 0 Å². The second-order valence-corrected chi connectivity index (χ2v) is 6.05. The molecule has 126 valence electrons. The molecule has 0 bridgehead atoms. The monoisotopic (exact) mass is 324 g/mol. The average Bonchev–Trinajstić information content (AvgIpc) is 2.62. The zero-order valence-electron chi connectivity index (χ0n) is 14.3. The number of carbonyl (C=O) groups excluding carboxylic acids is 1. The summed E-state index contributed by atoms with van der Waals surface area (Å²) in [5.74, 6) is 0.172. The van der Waals surface area contributed by atoms with E-state index < -0.39 is 6.29 Å². The van der Waals surface area contributed by atoms with Crippen LogP contribution in [0.25, 0.3) is 6.08 Å². The molecule has 0 spiro atoms. The molecule has 0 N–H and O–H groups in total. The summed E-state index contributed by atoms with van der Waals surface area (Å²) in [4.78, 5) is 12.6. The van der Waals surface area contributed by atoms with E-state index in [2.05, 4.69) is 6.58 Å². The van der Waals surface area contributed by atoms with E-state index in [1.54, 1.807) is 18.2 Å². The number of Topliss-reactive ketones (excluding diaryl/α,β-unsaturated/α-hetero) is 1. The van der Waals surface area contributed by atoms with E-state index >= 15 is 0 Å². The highest BCUT2D eigenvalue weighted by atomic mass is 16.7. The highest BCUT2D eigenvalue weighted by Gasteiger charge is 2.22. The van der Waals surface area contributed by atoms with E-state index in [4.69, 9.17) is 9.47 Å². The lowest BCUT2D eigenvalue weighted by molar-refractivity contribution is -0.126. The van der Waals surface area contributed by atoms with Crippen molar-refractivity contribution in [1.82, 2.24) is 0 Å². The van der Waals surface area contributed by atoms with E-state index in [1.807, 2.05) is 56.3 Å². The molecule has 0 aromatic heterocycles. The van der Waals surface area contributed by atoms with Crippen LogP contribution in [0.1, 0.15) is 35.3 Å². The summed E-state index contributed by atoms with van der Waals surface area (Å²) in [7, 11) is 0. The van der Waals surface area contributed by atoms with Gasteiger partial charge >= 0.3 is 0 Å². The van der Waals surface area contributed by atoms with Crippen molar-refractivity contribution >= 4 is 11.9 Å². The van der Waals surface area contributed by atoms with E-state index in [9.17, 15) is 4.79 Å². The molecule has 3 nitrogen and oxygen atoms in total. The molecule has 2 rings (SSSR count). The summed E-state index contributed by atoms with van der Waals surface area (Å²) in [6, 6.07) is 17.0. The van der Waals surface area contributed by atoms with Crippen LogP contribution in [0.4, 0.5) is 0 Å². The molecule has 0 heterocycles. The molecule has 0 saturated carbocycles. The Morgan fingerprint density at radius 3 is 2.29 bits per heavy atom. The second kappa shape index (κ2) is 9.16. The summed E-state index contributed by atoms with van der Waals surface area (Å²) in [5, 5.41) is 0. The number of ketones is 1. The van der Waals surface area contributed by atoms with Crippen LogP contribution in [-0.2, 0) is 16.1 Å². The van der Waals surface area contributed by atoms with Gasteiger partial charge in [-0.05, 0) is 17.0 Å². The first-order chi connectivity index (χ1) is 11.6. The Balaban J connectivity index is 2.04. The molecular weight excluding hydrogens is 300 g/mol. The Bertz CT molecular complexity index is 645. The van der Waals surface area contributed by atoms with Crippen molar-refractivity contribution < 1.29 is 14.3 Å². The molecule has 2 aromatic rings. The van der Waals surface area contributed by atoms with Crippen molar-refractivity contribution in [3.8, 4) is 0 Å². The molecule has 0 aliphatic rings. The molecule has 0 saturated heterocycles. The van der Waals surface area contributed by atoms with Crippen LogP contribution in [0.5, 0.6) is 0 Å². The number of rotatable bonds is 9. The first-order valence-corrected chi connectivity index (χ1v) is 8.14. The van der Waals surface area contributed by atoms with Crippen LogP contribution in [0.2, 0.25) is 0 Å². The van der Waals surface area contributed by atoms with Crippen LogP contribution in [0, 0.1) is 5.92 Å². The van der Waals surface area contributed by atoms with Gasteiger partial charge in [-0.1, -0.05) is 81.1 Å². The van der Waals surface area contributed by atoms with Crippen molar-refractivity contribution in [3.05, 3.63) is 77.9 Å². The predicted molar refractivity (Wildman–Crippen MR) is 96.7 cm³/mol. The minimum atomic E-state index is -0.895. The van der Waals surface area contributed by atoms with Gasteiger partial charge in [0, 0.05) is 5.56 Å². The Morgan fingerprint density at radius 1 is 1.04 bits per heavy atom. The van der Waals surface area contributed by atoms with E-state index in [1.165, 1.54) is 0 Å². The number of carbonyl (C=O) groups is 1. The van der Waals surface area contributed by atoms with Crippen LogP contribution in [0.3, 0.4) is 0 Å². The molecule has 1 atom stereocenters. The highest BCUT2D eigenvalue weighted by Crippen LogP contribution is 2.13. The Labute approximate surface area is 143 Å². The lowest BCUT2D eigenvalue weighted by Gasteiger charge is -2.19. The first kappa shape index (κ1) is 18.1. The van der Waals surface area contributed by atoms with Gasteiger partial charge in [-0.2, -0.15) is 0 Å². The van der Waals surface area contributed by atoms with Crippen LogP contribution in [0.15, 0.2) is 61.2 Å². The fourth-order valence-electron chi connectivity index (χ4n) is 2.14. The van der Waals surface area contributed by atoms with Gasteiger partial charge in [0.2, 0.25) is 12.1 Å². The van der Waals surface area contributed by atoms with E-state index in [0.717, 1.165) is 11.1 Å². The molecular formula is C21H24O3. The van der Waals surface area contributed by atoms with Crippen LogP contribution in [-0.4, -0.2) is 18.7 Å². The van der Waals surface area contributed by atoms with Gasteiger partial charge in [0.25, 0.3) is 0 Å². The summed E-state index contributed by atoms with van der Waals surface area (Å²) < 4.78 is 11.5. The van der Waals surface area contributed by atoms with Crippen molar-refractivity contribution in [2.75, 3.05) is 6.61 Å². The summed E-state index contributed by atoms with van der Waals surface area (Å²) in [6.07, 6.45) is 0.895. The normalized spacial score (nSPS) is 12.1. The van der Waals surface area contributed by atoms with Crippen molar-refractivity contribution in [2.24, 2.45) is 5.92 Å². The zero-order chi connectivity index (χ0) is 17.4. The number of hydrogen-bond donors (Lipinski definition) is 0. The summed E-state index contributed by atoms with van der Waals surface area (Å²) in [5.41, 5.74) is 2.62. The largest absolute Gasteiger partial charge is 0.345 e. The smallest absolute Gasteiger partial charge is 0.222 e. The van der Waals surface area contributed by atoms with Gasteiger partial charge in [0.15, 0.2) is 0 Å². The molecule has 24 heavy (non-hydrogen) atoms. The molecule has 1 unspecified atom stereocenters. The standard InChI is InChI=1S/C21H24O3/c1-4-17-10-12-18(13-11-17)15-24-21(23-14-16(2)3)20(22)19-8-6-5-7-9-19/h4-13,16,21H,1,14-15H2,2-3H3. The molecule has 3 heteroatoms. The van der Waals surface area contributed by atoms with Gasteiger partial charge < -0.3 is 9.47 Å². The second-order valence-electron chi connectivity index (χ2n) is 6.05. The van der Waals surface area contributed by atoms with Crippen molar-refractivity contribution in [3.63, 3.8) is 0 Å². The van der Waals surface area contributed by atoms with E-state index in [-0.39, 0.29) is 5.78 Å². The first-order valence-electron chi connectivity index (χ1n) is 8.14. The highest BCUT2D eigenvalue weighted by molar-refractivity contribution is 5.98. The summed E-state index contributed by atoms with van der Waals surface area (Å²) >= 11 is 0. The van der Waals surface area contributed by atoms with Crippen molar-refractivity contribution in [1.29, 1.82) is 0 Å². The molecule has 0 amide bonds. The molecule has 0 aliphatic carbocycles. The van der Waals surface area contributed by atoms with Gasteiger partial charge in [-0.25, -0.2) is 0 Å². The quantitative estimate of drug-likeness (QED) is 0.494. The SMILES string of the molecule is C=Cc1ccc(COC(OCC(C)C)C(=O)c2ccccc2)cc1. The Hall–Kier alpha value is -2.23. The Kier molecular flexibility index (Phi) is 6.91. The van der Waals surface area contributed by atoms with Gasteiger partial charge in [0.05, 0.1) is 13.2 Å². The summed E-state index contributed by atoms with van der Waals surface area (Å²) in [6.45, 7) is 8.61. The maximum absolute atomic E-state index is 12.6. The third-order valence-corrected chi connectivity index (χ3v) is 3.47. The maximum Gasteiger partial charge on any atom is 0.222 e. The molecule has 0 fully saturated rings. The fraction of sp³-hybridized carbons (Fsp3) is 0.286. The predicted octanol–water partition coefficient (Wildman–Crippen LogP) is 4.73. The number of benzene rings is 2. The minimum Gasteiger partial charge on any atom is -0.345 e.